The number of phenolic OH excluding ortho intramolecular Hbond substituents is 1. The summed E-state index contributed by atoms with van der Waals surface area (Å²) in [5.41, 5.74) is 0.870. The van der Waals surface area contributed by atoms with Crippen LogP contribution < -0.4 is 5.32 Å². The van der Waals surface area contributed by atoms with Crippen molar-refractivity contribution in [1.29, 1.82) is 0 Å². The third kappa shape index (κ3) is 2.50. The zero-order valence-electron chi connectivity index (χ0n) is 8.26. The van der Waals surface area contributed by atoms with Gasteiger partial charge >= 0.3 is 0 Å². The normalized spacial score (nSPS) is 16.1. The molecule has 0 aromatic heterocycles. The molecular formula is C11H13Cl2NO. The molecule has 1 aromatic rings. The maximum Gasteiger partial charge on any atom is 0.152 e. The van der Waals surface area contributed by atoms with Crippen molar-refractivity contribution >= 4 is 28.9 Å². The highest BCUT2D eigenvalue weighted by molar-refractivity contribution is 6.37. The molecular weight excluding hydrogens is 233 g/mol. The molecule has 0 unspecified atom stereocenters. The number of halogens is 2. The Bertz CT molecular complexity index is 341. The number of rotatable bonds is 3. The number of benzene rings is 1. The van der Waals surface area contributed by atoms with E-state index in [2.05, 4.69) is 5.32 Å². The SMILES string of the molecule is Oc1c(Cl)cc(NCC2CCC2)cc1Cl. The van der Waals surface area contributed by atoms with E-state index < -0.39 is 0 Å². The summed E-state index contributed by atoms with van der Waals surface area (Å²) in [5.74, 6) is 0.726. The van der Waals surface area contributed by atoms with Crippen molar-refractivity contribution in [3.8, 4) is 5.75 Å². The quantitative estimate of drug-likeness (QED) is 0.792. The molecule has 2 nitrogen and oxygen atoms in total. The van der Waals surface area contributed by atoms with E-state index in [0.29, 0.717) is 10.0 Å². The molecule has 1 fully saturated rings. The molecule has 0 bridgehead atoms. The Kier molecular flexibility index (Phi) is 3.27. The van der Waals surface area contributed by atoms with Crippen LogP contribution in [0.4, 0.5) is 5.69 Å². The third-order valence-corrected chi connectivity index (χ3v) is 3.41. The second kappa shape index (κ2) is 4.50. The fourth-order valence-electron chi connectivity index (χ4n) is 1.63. The highest BCUT2D eigenvalue weighted by Crippen LogP contribution is 2.35. The Morgan fingerprint density at radius 3 is 2.33 bits per heavy atom. The molecule has 1 saturated carbocycles. The highest BCUT2D eigenvalue weighted by Gasteiger charge is 2.17. The topological polar surface area (TPSA) is 32.3 Å². The summed E-state index contributed by atoms with van der Waals surface area (Å²) in [6.45, 7) is 0.956. The van der Waals surface area contributed by atoms with E-state index in [0.717, 1.165) is 18.2 Å². The van der Waals surface area contributed by atoms with Gasteiger partial charge in [-0.2, -0.15) is 0 Å². The maximum absolute atomic E-state index is 9.37. The predicted molar refractivity (Wildman–Crippen MR) is 64.0 cm³/mol. The molecule has 82 valence electrons. The van der Waals surface area contributed by atoms with Crippen LogP contribution in [-0.4, -0.2) is 11.7 Å². The minimum absolute atomic E-state index is 0.0486. The molecule has 2 N–H and O–H groups in total. The smallest absolute Gasteiger partial charge is 0.152 e. The van der Waals surface area contributed by atoms with Crippen molar-refractivity contribution in [1.82, 2.24) is 0 Å². The third-order valence-electron chi connectivity index (χ3n) is 2.84. The first kappa shape index (κ1) is 10.9. The average molecular weight is 246 g/mol. The zero-order chi connectivity index (χ0) is 10.8. The van der Waals surface area contributed by atoms with Crippen molar-refractivity contribution in [2.45, 2.75) is 19.3 Å². The van der Waals surface area contributed by atoms with Crippen molar-refractivity contribution in [2.24, 2.45) is 5.92 Å². The van der Waals surface area contributed by atoms with Crippen LogP contribution in [0.3, 0.4) is 0 Å². The Labute approximate surface area is 99.2 Å². The molecule has 1 aliphatic carbocycles. The van der Waals surface area contributed by atoms with Gasteiger partial charge in [-0.3, -0.25) is 0 Å². The first-order chi connectivity index (χ1) is 7.16. The summed E-state index contributed by atoms with van der Waals surface area (Å²) in [7, 11) is 0. The van der Waals surface area contributed by atoms with Crippen LogP contribution in [-0.2, 0) is 0 Å². The number of aromatic hydroxyl groups is 1. The van der Waals surface area contributed by atoms with E-state index in [9.17, 15) is 5.11 Å². The highest BCUT2D eigenvalue weighted by atomic mass is 35.5. The van der Waals surface area contributed by atoms with E-state index in [4.69, 9.17) is 23.2 Å². The number of anilines is 1. The molecule has 0 amide bonds. The number of hydrogen-bond acceptors (Lipinski definition) is 2. The summed E-state index contributed by atoms with van der Waals surface area (Å²) in [6, 6.07) is 3.39. The second-order valence-electron chi connectivity index (χ2n) is 3.97. The Hall–Kier alpha value is -0.600. The van der Waals surface area contributed by atoms with Crippen LogP contribution in [0.1, 0.15) is 19.3 Å². The van der Waals surface area contributed by atoms with Crippen molar-refractivity contribution < 1.29 is 5.11 Å². The van der Waals surface area contributed by atoms with E-state index in [1.54, 1.807) is 12.1 Å². The molecule has 0 spiro atoms. The summed E-state index contributed by atoms with van der Waals surface area (Å²) < 4.78 is 0. The Balaban J connectivity index is 2.01. The van der Waals surface area contributed by atoms with Gasteiger partial charge in [-0.15, -0.1) is 0 Å². The summed E-state index contributed by atoms with van der Waals surface area (Å²) >= 11 is 11.6. The van der Waals surface area contributed by atoms with Gasteiger partial charge < -0.3 is 10.4 Å². The monoisotopic (exact) mass is 245 g/mol. The van der Waals surface area contributed by atoms with E-state index in [1.165, 1.54) is 19.3 Å². The molecule has 1 aliphatic rings. The van der Waals surface area contributed by atoms with Crippen molar-refractivity contribution in [3.05, 3.63) is 22.2 Å². The molecule has 15 heavy (non-hydrogen) atoms. The molecule has 1 aromatic carbocycles. The lowest BCUT2D eigenvalue weighted by atomic mass is 9.85. The fraction of sp³-hybridized carbons (Fsp3) is 0.455. The fourth-order valence-corrected chi connectivity index (χ4v) is 2.11. The van der Waals surface area contributed by atoms with Gasteiger partial charge in [-0.1, -0.05) is 29.6 Å². The lowest BCUT2D eigenvalue weighted by molar-refractivity contribution is 0.333. The predicted octanol–water partition coefficient (Wildman–Crippen LogP) is 3.91. The van der Waals surface area contributed by atoms with Crippen LogP contribution in [0.5, 0.6) is 5.75 Å². The molecule has 2 rings (SSSR count). The first-order valence-corrected chi connectivity index (χ1v) is 5.84. The van der Waals surface area contributed by atoms with Crippen molar-refractivity contribution in [3.63, 3.8) is 0 Å². The summed E-state index contributed by atoms with van der Waals surface area (Å²) in [4.78, 5) is 0. The van der Waals surface area contributed by atoms with Gasteiger partial charge in [-0.05, 0) is 30.9 Å². The van der Waals surface area contributed by atoms with Crippen molar-refractivity contribution in [2.75, 3.05) is 11.9 Å². The Morgan fingerprint density at radius 2 is 1.87 bits per heavy atom. The zero-order valence-corrected chi connectivity index (χ0v) is 9.78. The largest absolute Gasteiger partial charge is 0.505 e. The lowest BCUT2D eigenvalue weighted by Gasteiger charge is -2.26. The first-order valence-electron chi connectivity index (χ1n) is 5.08. The summed E-state index contributed by atoms with van der Waals surface area (Å²) in [5, 5.41) is 13.2. The average Bonchev–Trinajstić information content (AvgIpc) is 2.11. The van der Waals surface area contributed by atoms with Gasteiger partial charge in [0.2, 0.25) is 0 Å². The molecule has 4 heteroatoms. The second-order valence-corrected chi connectivity index (χ2v) is 4.78. The minimum Gasteiger partial charge on any atom is -0.505 e. The molecule has 0 heterocycles. The number of hydrogen-bond donors (Lipinski definition) is 2. The van der Waals surface area contributed by atoms with Gasteiger partial charge in [-0.25, -0.2) is 0 Å². The van der Waals surface area contributed by atoms with Crippen LogP contribution in [0.2, 0.25) is 10.0 Å². The molecule has 0 aliphatic heterocycles. The lowest BCUT2D eigenvalue weighted by Crippen LogP contribution is -2.20. The van der Waals surface area contributed by atoms with E-state index >= 15 is 0 Å². The van der Waals surface area contributed by atoms with Crippen LogP contribution in [0, 0.1) is 5.92 Å². The Morgan fingerprint density at radius 1 is 1.27 bits per heavy atom. The van der Waals surface area contributed by atoms with Gasteiger partial charge in [0.15, 0.2) is 5.75 Å². The van der Waals surface area contributed by atoms with Crippen LogP contribution >= 0.6 is 23.2 Å². The van der Waals surface area contributed by atoms with Gasteiger partial charge in [0.05, 0.1) is 10.0 Å². The molecule has 0 radical (unpaired) electrons. The molecule has 0 saturated heterocycles. The van der Waals surface area contributed by atoms with Crippen LogP contribution in [0.25, 0.3) is 0 Å². The molecule has 0 atom stereocenters. The summed E-state index contributed by atoms with van der Waals surface area (Å²) in [6.07, 6.45) is 3.93. The number of phenols is 1. The number of nitrogens with one attached hydrogen (secondary N) is 1. The van der Waals surface area contributed by atoms with Gasteiger partial charge in [0.25, 0.3) is 0 Å². The van der Waals surface area contributed by atoms with Gasteiger partial charge in [0.1, 0.15) is 0 Å². The maximum atomic E-state index is 9.37. The van der Waals surface area contributed by atoms with E-state index in [1.807, 2.05) is 0 Å². The van der Waals surface area contributed by atoms with Gasteiger partial charge in [0, 0.05) is 12.2 Å². The standard InChI is InChI=1S/C11H13Cl2NO/c12-9-4-8(5-10(13)11(9)15)14-6-7-2-1-3-7/h4-5,7,14-15H,1-3,6H2. The minimum atomic E-state index is -0.0486. The van der Waals surface area contributed by atoms with Crippen LogP contribution in [0.15, 0.2) is 12.1 Å². The van der Waals surface area contributed by atoms with E-state index in [-0.39, 0.29) is 5.75 Å².